The summed E-state index contributed by atoms with van der Waals surface area (Å²) in [7, 11) is -3.60. The number of anilines is 5. The Balaban J connectivity index is 1.67. The zero-order valence-electron chi connectivity index (χ0n) is 20.7. The van der Waals surface area contributed by atoms with Crippen LogP contribution < -0.4 is 15.4 Å². The van der Waals surface area contributed by atoms with E-state index in [0.29, 0.717) is 24.5 Å². The first-order valence-corrected chi connectivity index (χ1v) is 13.9. The zero-order valence-corrected chi connectivity index (χ0v) is 21.5. The van der Waals surface area contributed by atoms with Crippen LogP contribution in [0.25, 0.3) is 11.2 Å². The fraction of sp³-hybridized carbons (Fsp3) is 0.280. The number of hydrogen-bond donors (Lipinski definition) is 3. The van der Waals surface area contributed by atoms with Gasteiger partial charge in [-0.2, -0.15) is 5.26 Å². The summed E-state index contributed by atoms with van der Waals surface area (Å²) >= 11 is 0. The predicted octanol–water partition coefficient (Wildman–Crippen LogP) is 5.19. The lowest BCUT2D eigenvalue weighted by molar-refractivity contribution is -0.0363. The molecule has 0 aliphatic carbocycles. The first kappa shape index (κ1) is 26.3. The maximum atomic E-state index is 14.2. The van der Waals surface area contributed by atoms with E-state index in [1.807, 2.05) is 6.07 Å². The van der Waals surface area contributed by atoms with Crippen LogP contribution in [0.1, 0.15) is 43.4 Å². The number of ether oxygens (including phenoxy) is 1. The SMILES string of the molecule is CS(=O)(=O)Nc1ccccc1Nc1cc(Nc2cccc(C#N)n2)nc2c1nc(C(F)F)n2C1CCCCO1. The molecule has 1 fully saturated rings. The van der Waals surface area contributed by atoms with Crippen molar-refractivity contribution in [3.63, 3.8) is 0 Å². The van der Waals surface area contributed by atoms with Gasteiger partial charge in [-0.1, -0.05) is 18.2 Å². The van der Waals surface area contributed by atoms with Crippen LogP contribution in [0.4, 0.5) is 37.5 Å². The lowest BCUT2D eigenvalue weighted by atomic mass is 10.2. The highest BCUT2D eigenvalue weighted by atomic mass is 32.2. The molecule has 14 heteroatoms. The molecule has 202 valence electrons. The molecule has 39 heavy (non-hydrogen) atoms. The number of aromatic nitrogens is 4. The number of nitrogens with zero attached hydrogens (tertiary/aromatic N) is 5. The largest absolute Gasteiger partial charge is 0.358 e. The average Bonchev–Trinajstić information content (AvgIpc) is 3.30. The molecule has 3 aromatic heterocycles. The van der Waals surface area contributed by atoms with Gasteiger partial charge >= 0.3 is 0 Å². The number of para-hydroxylation sites is 2. The molecule has 0 amide bonds. The minimum Gasteiger partial charge on any atom is -0.358 e. The average molecular weight is 555 g/mol. The Morgan fingerprint density at radius 3 is 2.51 bits per heavy atom. The van der Waals surface area contributed by atoms with Gasteiger partial charge in [0.2, 0.25) is 10.0 Å². The third kappa shape index (κ3) is 5.89. The molecule has 1 aliphatic heterocycles. The molecule has 1 saturated heterocycles. The summed E-state index contributed by atoms with van der Waals surface area (Å²) in [5, 5.41) is 15.4. The molecule has 1 unspecified atom stereocenters. The number of fused-ring (bicyclic) bond motifs is 1. The number of nitriles is 1. The number of rotatable bonds is 8. The molecule has 4 heterocycles. The number of halogens is 2. The highest BCUT2D eigenvalue weighted by molar-refractivity contribution is 7.92. The number of benzene rings is 1. The minimum atomic E-state index is -3.60. The molecular weight excluding hydrogens is 530 g/mol. The second-order valence-electron chi connectivity index (χ2n) is 8.88. The molecule has 0 spiro atoms. The van der Waals surface area contributed by atoms with Crippen LogP contribution in [0, 0.1) is 11.3 Å². The standard InChI is InChI=1S/C25H24F2N8O3S/c1-39(36,37)34-17-9-3-2-8-16(17)30-18-13-20(31-19-10-6-7-15(14-28)29-19)32-24-22(18)33-25(23(26)27)35(24)21-11-4-5-12-38-21/h2-3,6-10,13,21,23,34H,4-5,11-12H2,1H3,(H2,29,30,31,32). The third-order valence-electron chi connectivity index (χ3n) is 5.93. The van der Waals surface area contributed by atoms with Gasteiger partial charge in [0.1, 0.15) is 35.1 Å². The van der Waals surface area contributed by atoms with E-state index in [0.717, 1.165) is 19.1 Å². The molecule has 4 aromatic rings. The number of imidazole rings is 1. The monoisotopic (exact) mass is 554 g/mol. The van der Waals surface area contributed by atoms with Crippen molar-refractivity contribution in [3.05, 3.63) is 60.0 Å². The number of alkyl halides is 2. The van der Waals surface area contributed by atoms with Gasteiger partial charge in [0.15, 0.2) is 11.5 Å². The molecule has 0 saturated carbocycles. The molecule has 1 atom stereocenters. The van der Waals surface area contributed by atoms with Gasteiger partial charge in [-0.15, -0.1) is 0 Å². The van der Waals surface area contributed by atoms with E-state index in [9.17, 15) is 22.5 Å². The Morgan fingerprint density at radius 1 is 1.03 bits per heavy atom. The highest BCUT2D eigenvalue weighted by Crippen LogP contribution is 2.37. The number of pyridine rings is 2. The molecule has 1 aliphatic rings. The Labute approximate surface area is 222 Å². The molecule has 5 rings (SSSR count). The Kier molecular flexibility index (Phi) is 7.27. The lowest BCUT2D eigenvalue weighted by Gasteiger charge is -2.25. The maximum absolute atomic E-state index is 14.2. The van der Waals surface area contributed by atoms with Crippen molar-refractivity contribution < 1.29 is 21.9 Å². The smallest absolute Gasteiger partial charge is 0.295 e. The highest BCUT2D eigenvalue weighted by Gasteiger charge is 2.29. The van der Waals surface area contributed by atoms with Crippen molar-refractivity contribution in [2.45, 2.75) is 31.9 Å². The summed E-state index contributed by atoms with van der Waals surface area (Å²) in [5.41, 5.74) is 1.40. The van der Waals surface area contributed by atoms with E-state index in [4.69, 9.17) is 4.74 Å². The molecule has 0 radical (unpaired) electrons. The van der Waals surface area contributed by atoms with Crippen LogP contribution in [0.3, 0.4) is 0 Å². The number of sulfonamides is 1. The van der Waals surface area contributed by atoms with E-state index in [1.165, 1.54) is 4.57 Å². The van der Waals surface area contributed by atoms with Crippen LogP contribution >= 0.6 is 0 Å². The van der Waals surface area contributed by atoms with E-state index < -0.39 is 28.5 Å². The van der Waals surface area contributed by atoms with Crippen LogP contribution in [-0.2, 0) is 14.8 Å². The quantitative estimate of drug-likeness (QED) is 0.268. The summed E-state index contributed by atoms with van der Waals surface area (Å²) < 4.78 is 61.9. The van der Waals surface area contributed by atoms with Gasteiger partial charge in [0, 0.05) is 12.7 Å². The fourth-order valence-corrected chi connectivity index (χ4v) is 4.91. The van der Waals surface area contributed by atoms with Crippen molar-refractivity contribution in [2.24, 2.45) is 0 Å². The topological polar surface area (TPSA) is 147 Å². The Bertz CT molecular complexity index is 1660. The van der Waals surface area contributed by atoms with Crippen molar-refractivity contribution in [1.29, 1.82) is 5.26 Å². The van der Waals surface area contributed by atoms with Gasteiger partial charge in [-0.05, 0) is 43.5 Å². The first-order chi connectivity index (χ1) is 18.7. The second kappa shape index (κ2) is 10.8. The normalized spacial score (nSPS) is 15.7. The van der Waals surface area contributed by atoms with Gasteiger partial charge in [-0.25, -0.2) is 32.2 Å². The summed E-state index contributed by atoms with van der Waals surface area (Å²) in [6.07, 6.45) is -0.416. The molecule has 1 aromatic carbocycles. The molecule has 0 bridgehead atoms. The maximum Gasteiger partial charge on any atom is 0.295 e. The van der Waals surface area contributed by atoms with Crippen molar-refractivity contribution in [3.8, 4) is 6.07 Å². The van der Waals surface area contributed by atoms with Crippen LogP contribution in [0.5, 0.6) is 0 Å². The first-order valence-electron chi connectivity index (χ1n) is 12.0. The number of hydrogen-bond acceptors (Lipinski definition) is 9. The Hall–Kier alpha value is -4.35. The summed E-state index contributed by atoms with van der Waals surface area (Å²) in [6, 6.07) is 14.9. The van der Waals surface area contributed by atoms with Gasteiger partial charge in [0.05, 0.1) is 23.3 Å². The third-order valence-corrected chi connectivity index (χ3v) is 6.52. The summed E-state index contributed by atoms with van der Waals surface area (Å²) in [6.45, 7) is 0.422. The Morgan fingerprint density at radius 2 is 1.82 bits per heavy atom. The van der Waals surface area contributed by atoms with Gasteiger partial charge in [0.25, 0.3) is 6.43 Å². The second-order valence-corrected chi connectivity index (χ2v) is 10.6. The van der Waals surface area contributed by atoms with Crippen LogP contribution in [0.15, 0.2) is 48.5 Å². The van der Waals surface area contributed by atoms with E-state index in [2.05, 4.69) is 30.3 Å². The minimum absolute atomic E-state index is 0.148. The molecule has 3 N–H and O–H groups in total. The van der Waals surface area contributed by atoms with E-state index in [-0.39, 0.29) is 34.1 Å². The van der Waals surface area contributed by atoms with Crippen LogP contribution in [0.2, 0.25) is 0 Å². The van der Waals surface area contributed by atoms with Gasteiger partial charge < -0.3 is 15.4 Å². The summed E-state index contributed by atoms with van der Waals surface area (Å²) in [4.78, 5) is 13.0. The van der Waals surface area contributed by atoms with Crippen molar-refractivity contribution in [1.82, 2.24) is 19.5 Å². The summed E-state index contributed by atoms with van der Waals surface area (Å²) in [5.74, 6) is 0.0655. The fourth-order valence-electron chi connectivity index (χ4n) is 4.33. The van der Waals surface area contributed by atoms with Crippen LogP contribution in [-0.4, -0.2) is 40.8 Å². The van der Waals surface area contributed by atoms with E-state index >= 15 is 0 Å². The zero-order chi connectivity index (χ0) is 27.6. The number of nitrogens with one attached hydrogen (secondary N) is 3. The predicted molar refractivity (Wildman–Crippen MR) is 142 cm³/mol. The lowest BCUT2D eigenvalue weighted by Crippen LogP contribution is -2.20. The van der Waals surface area contributed by atoms with E-state index in [1.54, 1.807) is 48.5 Å². The molecular formula is C25H24F2N8O3S. The van der Waals surface area contributed by atoms with Crippen molar-refractivity contribution >= 4 is 49.9 Å². The molecule has 11 nitrogen and oxygen atoms in total. The van der Waals surface area contributed by atoms with Gasteiger partial charge in [-0.3, -0.25) is 9.29 Å². The van der Waals surface area contributed by atoms with Crippen molar-refractivity contribution in [2.75, 3.05) is 28.2 Å².